The van der Waals surface area contributed by atoms with Gasteiger partial charge in [0, 0.05) is 0 Å². The van der Waals surface area contributed by atoms with Crippen molar-refractivity contribution in [2.75, 3.05) is 6.54 Å². The molecule has 0 aliphatic heterocycles. The summed E-state index contributed by atoms with van der Waals surface area (Å²) in [4.78, 5) is 10.8. The second-order valence-corrected chi connectivity index (χ2v) is 12.2. The molecule has 0 amide bonds. The molecule has 0 aliphatic carbocycles. The van der Waals surface area contributed by atoms with Gasteiger partial charge in [-0.15, -0.1) is 0 Å². The zero-order valence-electron chi connectivity index (χ0n) is 7.54. The summed E-state index contributed by atoms with van der Waals surface area (Å²) in [6.07, 6.45) is 0. The van der Waals surface area contributed by atoms with Crippen molar-refractivity contribution in [3.05, 3.63) is 0 Å². The number of rotatable bonds is 6. The molecule has 0 fully saturated rings. The molecule has 4 unspecified atom stereocenters. The van der Waals surface area contributed by atoms with Crippen molar-refractivity contribution in [2.45, 2.75) is 13.4 Å². The Kier molecular flexibility index (Phi) is 9.11. The zero-order valence-corrected chi connectivity index (χ0v) is 16.2. The summed E-state index contributed by atoms with van der Waals surface area (Å²) >= 11 is 2.89. The first-order valence-electron chi connectivity index (χ1n) is 3.59. The summed E-state index contributed by atoms with van der Waals surface area (Å²) in [5.74, 6) is 0. The minimum atomic E-state index is -0.432. The molecule has 0 aromatic rings. The van der Waals surface area contributed by atoms with Crippen LogP contribution in [0.2, 0.25) is 0 Å². The number of carbonyl (C=O) groups is 1. The van der Waals surface area contributed by atoms with E-state index in [1.54, 1.807) is 0 Å². The van der Waals surface area contributed by atoms with Crippen molar-refractivity contribution in [3.63, 3.8) is 0 Å². The van der Waals surface area contributed by atoms with Gasteiger partial charge in [-0.1, -0.05) is 0 Å². The van der Waals surface area contributed by atoms with Gasteiger partial charge in [0.05, 0.1) is 0 Å². The van der Waals surface area contributed by atoms with E-state index in [0.29, 0.717) is 4.97 Å². The fraction of sp³-hybridized carbons (Fsp3) is 0.800. The minimum absolute atomic E-state index is 0.0189. The van der Waals surface area contributed by atoms with Crippen molar-refractivity contribution < 1.29 is 30.5 Å². The SMILES string of the molecule is CC(I)([I-]C=O)N(P)C[CH]([AlH2])OP. The molecule has 0 rings (SSSR count). The van der Waals surface area contributed by atoms with Crippen LogP contribution in [0.3, 0.4) is 0 Å². The molecule has 0 spiro atoms. The van der Waals surface area contributed by atoms with Crippen LogP contribution in [0.1, 0.15) is 6.92 Å². The molecule has 0 bridgehead atoms. The van der Waals surface area contributed by atoms with Gasteiger partial charge in [0.2, 0.25) is 0 Å². The van der Waals surface area contributed by atoms with Crippen LogP contribution in [-0.2, 0) is 9.32 Å². The average molecular weight is 462 g/mol. The molecule has 0 saturated carbocycles. The molecule has 13 heavy (non-hydrogen) atoms. The normalized spacial score (nSPS) is 18.5. The van der Waals surface area contributed by atoms with Gasteiger partial charge < -0.3 is 0 Å². The van der Waals surface area contributed by atoms with Gasteiger partial charge in [0.25, 0.3) is 0 Å². The van der Waals surface area contributed by atoms with Crippen molar-refractivity contribution in [1.82, 2.24) is 4.67 Å². The van der Waals surface area contributed by atoms with Crippen LogP contribution < -0.4 is 21.2 Å². The van der Waals surface area contributed by atoms with E-state index in [0.717, 1.165) is 27.1 Å². The number of carbonyl (C=O) groups excluding carboxylic acids is 1. The average Bonchev–Trinajstić information content (AvgIpc) is 2.04. The molecule has 0 N–H and O–H groups in total. The number of hydrogen-bond donors (Lipinski definition) is 0. The first-order chi connectivity index (χ1) is 5.94. The standard InChI is InChI=1S/C5H11I2NO2P2.Al.2H/c1-5(6,7-4-9)8(11)2-3-10-12;;;/h3-4H,2,11-12H2,1H3;;;/q-1;;;. The number of halogens is 2. The first-order valence-corrected chi connectivity index (χ1v) is 9.13. The second kappa shape index (κ2) is 7.67. The molecule has 0 radical (unpaired) electrons. The molecule has 3 nitrogen and oxygen atoms in total. The third-order valence-corrected chi connectivity index (χ3v) is 9.07. The number of alkyl halides is 2. The van der Waals surface area contributed by atoms with E-state index in [4.69, 9.17) is 4.52 Å². The predicted molar refractivity (Wildman–Crippen MR) is 68.7 cm³/mol. The van der Waals surface area contributed by atoms with Crippen LogP contribution in [0, 0.1) is 0 Å². The van der Waals surface area contributed by atoms with E-state index in [-0.39, 0.29) is 1.55 Å². The van der Waals surface area contributed by atoms with Crippen LogP contribution in [0.4, 0.5) is 0 Å². The Morgan fingerprint density at radius 2 is 2.46 bits per heavy atom. The van der Waals surface area contributed by atoms with Gasteiger partial charge in [-0.05, 0) is 0 Å². The fourth-order valence-corrected chi connectivity index (χ4v) is 4.06. The fourth-order valence-electron chi connectivity index (χ4n) is 0.624. The van der Waals surface area contributed by atoms with E-state index >= 15 is 0 Å². The van der Waals surface area contributed by atoms with Gasteiger partial charge in [-0.25, -0.2) is 0 Å². The van der Waals surface area contributed by atoms with Gasteiger partial charge >= 0.3 is 117 Å². The van der Waals surface area contributed by atoms with Crippen molar-refractivity contribution >= 4 is 62.0 Å². The van der Waals surface area contributed by atoms with Crippen LogP contribution in [0.5, 0.6) is 0 Å². The Morgan fingerprint density at radius 1 is 1.92 bits per heavy atom. The Morgan fingerprint density at radius 3 is 2.85 bits per heavy atom. The molecule has 0 aromatic carbocycles. The van der Waals surface area contributed by atoms with Crippen molar-refractivity contribution in [1.29, 1.82) is 0 Å². The molecule has 78 valence electrons. The van der Waals surface area contributed by atoms with Crippen LogP contribution in [0.25, 0.3) is 0 Å². The molecular formula is C5H13AlI2NO2P2-. The number of hydrogen-bond acceptors (Lipinski definition) is 3. The van der Waals surface area contributed by atoms with Gasteiger partial charge in [-0.3, -0.25) is 0 Å². The predicted octanol–water partition coefficient (Wildman–Crippen LogP) is -2.77. The van der Waals surface area contributed by atoms with E-state index in [2.05, 4.69) is 53.0 Å². The van der Waals surface area contributed by atoms with E-state index in [9.17, 15) is 4.79 Å². The third-order valence-electron chi connectivity index (χ3n) is 1.43. The third kappa shape index (κ3) is 6.57. The summed E-state index contributed by atoms with van der Waals surface area (Å²) < 4.78 is 8.30. The van der Waals surface area contributed by atoms with Gasteiger partial charge in [0.1, 0.15) is 0 Å². The Bertz CT molecular complexity index is 175. The van der Waals surface area contributed by atoms with E-state index in [1.807, 2.05) is 0 Å². The maximum atomic E-state index is 10.5. The first kappa shape index (κ1) is 15.4. The Balaban J connectivity index is 4.06. The molecule has 0 heterocycles. The Hall–Kier alpha value is 2.44. The summed E-state index contributed by atoms with van der Waals surface area (Å²) in [7, 11) is 4.97. The van der Waals surface area contributed by atoms with E-state index in [1.165, 1.54) is 0 Å². The second-order valence-electron chi connectivity index (χ2n) is 2.64. The van der Waals surface area contributed by atoms with Gasteiger partial charge in [-0.2, -0.15) is 0 Å². The molecular weight excluding hydrogens is 449 g/mol. The molecule has 8 heteroatoms. The van der Waals surface area contributed by atoms with Crippen molar-refractivity contribution in [3.8, 4) is 0 Å². The summed E-state index contributed by atoms with van der Waals surface area (Å²) in [6, 6.07) is 0. The quantitative estimate of drug-likeness (QED) is 0.0816. The van der Waals surface area contributed by atoms with Crippen LogP contribution in [-0.4, -0.2) is 38.3 Å². The Labute approximate surface area is 116 Å². The maximum absolute atomic E-state index is 10.5. The molecule has 0 saturated heterocycles. The molecule has 0 aromatic heterocycles. The topological polar surface area (TPSA) is 29.5 Å². The monoisotopic (exact) mass is 462 g/mol. The van der Waals surface area contributed by atoms with Crippen LogP contribution in [0.15, 0.2) is 0 Å². The summed E-state index contributed by atoms with van der Waals surface area (Å²) in [6.45, 7) is 2.95. The zero-order chi connectivity index (χ0) is 10.5. The van der Waals surface area contributed by atoms with Crippen molar-refractivity contribution in [2.24, 2.45) is 0 Å². The van der Waals surface area contributed by atoms with Crippen LogP contribution >= 0.6 is 41.4 Å². The van der Waals surface area contributed by atoms with Gasteiger partial charge in [0.15, 0.2) is 0 Å². The number of nitrogens with zero attached hydrogens (tertiary/aromatic N) is 1. The van der Waals surface area contributed by atoms with E-state index < -0.39 is 21.2 Å². The summed E-state index contributed by atoms with van der Waals surface area (Å²) in [5, 5.41) is 0. The molecule has 0 aliphatic rings. The summed E-state index contributed by atoms with van der Waals surface area (Å²) in [5.41, 5.74) is 0. The molecule has 4 atom stereocenters.